The summed E-state index contributed by atoms with van der Waals surface area (Å²) >= 11 is 0. The number of aliphatic carboxylic acids is 1. The highest BCUT2D eigenvalue weighted by atomic mass is 16.5. The first-order valence-corrected chi connectivity index (χ1v) is 9.91. The molecule has 4 rings (SSSR count). The second kappa shape index (κ2) is 8.86. The van der Waals surface area contributed by atoms with Crippen LogP contribution in [0.2, 0.25) is 0 Å². The lowest BCUT2D eigenvalue weighted by atomic mass is 9.77. The number of nitrogens with one attached hydrogen (secondary N) is 2. The van der Waals surface area contributed by atoms with Crippen molar-refractivity contribution >= 4 is 17.6 Å². The Morgan fingerprint density at radius 1 is 1.10 bits per heavy atom. The van der Waals surface area contributed by atoms with Crippen molar-refractivity contribution in [2.75, 3.05) is 5.32 Å². The number of hydrogen-bond acceptors (Lipinski definition) is 7. The Bertz CT molecular complexity index is 1010. The number of carbonyl (C=O) groups excluding carboxylic acids is 1. The number of carboxylic acid groups (broad SMARTS) is 1. The largest absolute Gasteiger partial charge is 0.488 e. The highest BCUT2D eigenvalue weighted by Gasteiger charge is 2.49. The molecule has 0 spiro atoms. The third-order valence-electron chi connectivity index (χ3n) is 5.35. The summed E-state index contributed by atoms with van der Waals surface area (Å²) in [7, 11) is 0. The Balaban J connectivity index is 1.59. The number of aromatic nitrogens is 2. The van der Waals surface area contributed by atoms with Crippen molar-refractivity contribution in [2.45, 2.75) is 36.9 Å². The van der Waals surface area contributed by atoms with E-state index in [0.717, 1.165) is 12.1 Å². The van der Waals surface area contributed by atoms with Crippen LogP contribution in [0.5, 0.6) is 5.75 Å². The fraction of sp³-hybridized carbons (Fsp3) is 0.273. The van der Waals surface area contributed by atoms with E-state index in [4.69, 9.17) is 9.15 Å². The van der Waals surface area contributed by atoms with Gasteiger partial charge in [0.25, 0.3) is 0 Å². The van der Waals surface area contributed by atoms with Crippen LogP contribution in [0.25, 0.3) is 0 Å². The third-order valence-corrected chi connectivity index (χ3v) is 5.35. The van der Waals surface area contributed by atoms with Gasteiger partial charge in [-0.3, -0.25) is 4.79 Å². The molecule has 1 aliphatic rings. The van der Waals surface area contributed by atoms with E-state index in [2.05, 4.69) is 20.8 Å². The van der Waals surface area contributed by atoms with Crippen LogP contribution in [0, 0.1) is 0 Å². The second-order valence-electron chi connectivity index (χ2n) is 7.41. The molecule has 160 valence electrons. The van der Waals surface area contributed by atoms with E-state index in [9.17, 15) is 14.7 Å². The molecule has 2 aromatic carbocycles. The summed E-state index contributed by atoms with van der Waals surface area (Å²) in [5, 5.41) is 23.1. The standard InChI is InChI=1S/C22H22N4O5/c27-19(20-26-23-14-30-20)25-22(21(28)29)12-11-18(31-16-9-5-2-6-10-16)17(13-22)24-15-7-3-1-4-8-15/h1-10,14,17-18,24H,11-13H2,(H,25,27)(H,28,29). The second-order valence-corrected chi connectivity index (χ2v) is 7.41. The highest BCUT2D eigenvalue weighted by molar-refractivity contribution is 5.94. The first-order chi connectivity index (χ1) is 15.1. The minimum absolute atomic E-state index is 0.106. The number of carboxylic acids is 1. The van der Waals surface area contributed by atoms with E-state index < -0.39 is 17.4 Å². The summed E-state index contributed by atoms with van der Waals surface area (Å²) in [6.45, 7) is 0. The number of rotatable bonds is 7. The van der Waals surface area contributed by atoms with Crippen molar-refractivity contribution in [1.29, 1.82) is 0 Å². The first-order valence-electron chi connectivity index (χ1n) is 9.91. The van der Waals surface area contributed by atoms with Crippen molar-refractivity contribution in [3.8, 4) is 5.75 Å². The quantitative estimate of drug-likeness (QED) is 0.531. The molecule has 3 unspecified atom stereocenters. The van der Waals surface area contributed by atoms with E-state index >= 15 is 0 Å². The molecule has 1 heterocycles. The van der Waals surface area contributed by atoms with Gasteiger partial charge in [0, 0.05) is 12.1 Å². The Morgan fingerprint density at radius 2 is 1.81 bits per heavy atom. The van der Waals surface area contributed by atoms with Crippen molar-refractivity contribution in [3.63, 3.8) is 0 Å². The summed E-state index contributed by atoms with van der Waals surface area (Å²) < 4.78 is 11.1. The van der Waals surface area contributed by atoms with Crippen molar-refractivity contribution in [1.82, 2.24) is 15.5 Å². The predicted molar refractivity (Wildman–Crippen MR) is 111 cm³/mol. The van der Waals surface area contributed by atoms with Gasteiger partial charge in [-0.25, -0.2) is 4.79 Å². The van der Waals surface area contributed by atoms with Crippen molar-refractivity contribution in [2.24, 2.45) is 0 Å². The normalized spacial score (nSPS) is 23.0. The predicted octanol–water partition coefficient (Wildman–Crippen LogP) is 2.74. The lowest BCUT2D eigenvalue weighted by molar-refractivity contribution is -0.147. The van der Waals surface area contributed by atoms with Gasteiger partial charge in [-0.2, -0.15) is 0 Å². The van der Waals surface area contributed by atoms with Crippen LogP contribution >= 0.6 is 0 Å². The molecule has 3 N–H and O–H groups in total. The molecule has 31 heavy (non-hydrogen) atoms. The number of para-hydroxylation sites is 2. The molecule has 1 fully saturated rings. The number of hydrogen-bond donors (Lipinski definition) is 3. The maximum atomic E-state index is 12.5. The molecular formula is C22H22N4O5. The Labute approximate surface area is 178 Å². The molecule has 0 saturated heterocycles. The lowest BCUT2D eigenvalue weighted by Gasteiger charge is -2.42. The molecule has 3 atom stereocenters. The Morgan fingerprint density at radius 3 is 2.45 bits per heavy atom. The molecule has 0 radical (unpaired) electrons. The smallest absolute Gasteiger partial charge is 0.329 e. The Hall–Kier alpha value is -3.88. The maximum absolute atomic E-state index is 12.5. The Kier molecular flexibility index (Phi) is 5.83. The molecule has 0 aliphatic heterocycles. The van der Waals surface area contributed by atoms with Gasteiger partial charge in [0.05, 0.1) is 6.04 Å². The number of anilines is 1. The van der Waals surface area contributed by atoms with E-state index in [-0.39, 0.29) is 30.9 Å². The average molecular weight is 422 g/mol. The van der Waals surface area contributed by atoms with E-state index in [1.165, 1.54) is 0 Å². The highest BCUT2D eigenvalue weighted by Crippen LogP contribution is 2.33. The summed E-state index contributed by atoms with van der Waals surface area (Å²) in [5.41, 5.74) is -0.673. The molecular weight excluding hydrogens is 400 g/mol. The van der Waals surface area contributed by atoms with Crippen LogP contribution in [-0.4, -0.2) is 44.9 Å². The van der Waals surface area contributed by atoms with Gasteiger partial charge in [0.2, 0.25) is 6.39 Å². The van der Waals surface area contributed by atoms with Gasteiger partial charge >= 0.3 is 17.8 Å². The van der Waals surface area contributed by atoms with Crippen molar-refractivity contribution < 1.29 is 23.8 Å². The monoisotopic (exact) mass is 422 g/mol. The number of amides is 1. The minimum Gasteiger partial charge on any atom is -0.488 e. The van der Waals surface area contributed by atoms with Crippen LogP contribution in [0.4, 0.5) is 5.69 Å². The van der Waals surface area contributed by atoms with Crippen LogP contribution in [-0.2, 0) is 4.79 Å². The SMILES string of the molecule is O=C(NC1(C(=O)O)CCC(Oc2ccccc2)C(Nc2ccccc2)C1)c1nnco1. The van der Waals surface area contributed by atoms with Gasteiger partial charge in [-0.05, 0) is 37.1 Å². The minimum atomic E-state index is -1.51. The fourth-order valence-electron chi connectivity index (χ4n) is 3.81. The third kappa shape index (κ3) is 4.66. The summed E-state index contributed by atoms with van der Waals surface area (Å²) in [6, 6.07) is 18.5. The van der Waals surface area contributed by atoms with Crippen LogP contribution in [0.1, 0.15) is 29.9 Å². The molecule has 1 saturated carbocycles. The molecule has 9 heteroatoms. The lowest BCUT2D eigenvalue weighted by Crippen LogP contribution is -2.62. The van der Waals surface area contributed by atoms with Gasteiger partial charge in [-0.1, -0.05) is 36.4 Å². The summed E-state index contributed by atoms with van der Waals surface area (Å²) in [5.74, 6) is -1.43. The maximum Gasteiger partial charge on any atom is 0.329 e. The average Bonchev–Trinajstić information content (AvgIpc) is 3.32. The zero-order chi connectivity index (χ0) is 21.7. The number of benzene rings is 2. The van der Waals surface area contributed by atoms with Gasteiger partial charge in [0.1, 0.15) is 17.4 Å². The molecule has 9 nitrogen and oxygen atoms in total. The zero-order valence-electron chi connectivity index (χ0n) is 16.6. The number of ether oxygens (including phenoxy) is 1. The molecule has 0 bridgehead atoms. The van der Waals surface area contributed by atoms with Gasteiger partial charge in [-0.15, -0.1) is 10.2 Å². The van der Waals surface area contributed by atoms with Crippen molar-refractivity contribution in [3.05, 3.63) is 72.9 Å². The molecule has 1 amide bonds. The van der Waals surface area contributed by atoms with Gasteiger partial charge in [0.15, 0.2) is 0 Å². The van der Waals surface area contributed by atoms with Crippen LogP contribution in [0.3, 0.4) is 0 Å². The fourth-order valence-corrected chi connectivity index (χ4v) is 3.81. The molecule has 3 aromatic rings. The van der Waals surface area contributed by atoms with E-state index in [0.29, 0.717) is 12.2 Å². The number of nitrogens with zero attached hydrogens (tertiary/aromatic N) is 2. The summed E-state index contributed by atoms with van der Waals surface area (Å²) in [6.07, 6.45) is 1.43. The topological polar surface area (TPSA) is 127 Å². The van der Waals surface area contributed by atoms with E-state index in [1.807, 2.05) is 60.7 Å². The summed E-state index contributed by atoms with van der Waals surface area (Å²) in [4.78, 5) is 24.8. The van der Waals surface area contributed by atoms with Crippen LogP contribution < -0.4 is 15.4 Å². The van der Waals surface area contributed by atoms with E-state index in [1.54, 1.807) is 0 Å². The molecule has 1 aromatic heterocycles. The number of carbonyl (C=O) groups is 2. The zero-order valence-corrected chi connectivity index (χ0v) is 16.6. The first kappa shape index (κ1) is 20.4. The van der Waals surface area contributed by atoms with Gasteiger partial charge < -0.3 is 24.9 Å². The van der Waals surface area contributed by atoms with Crippen LogP contribution in [0.15, 0.2) is 71.5 Å². The molecule has 1 aliphatic carbocycles.